The third kappa shape index (κ3) is 1.51. The minimum absolute atomic E-state index is 0.0895. The molecule has 3 rings (SSSR count). The number of benzene rings is 1. The first-order valence-corrected chi connectivity index (χ1v) is 6.89. The smallest absolute Gasteiger partial charge is 0.236 e. The summed E-state index contributed by atoms with van der Waals surface area (Å²) in [6, 6.07) is 1.96. The molecule has 1 aliphatic rings. The number of aryl methyl sites for hydroxylation is 2. The number of carbonyl (C=O) groups is 1. The molecule has 4 nitrogen and oxygen atoms in total. The number of likely N-dealkylation sites (N-methyl/N-ethyl adjacent to an activating group) is 1. The topological polar surface area (TPSA) is 46.1 Å². The lowest BCUT2D eigenvalue weighted by Crippen LogP contribution is -2.33. The van der Waals surface area contributed by atoms with Gasteiger partial charge in [0.25, 0.3) is 0 Å². The van der Waals surface area contributed by atoms with E-state index >= 15 is 0 Å². The third-order valence-electron chi connectivity index (χ3n) is 4.11. The van der Waals surface area contributed by atoms with Crippen molar-refractivity contribution in [2.24, 2.45) is 0 Å². The van der Waals surface area contributed by atoms with E-state index in [1.54, 1.807) is 4.90 Å². The van der Waals surface area contributed by atoms with E-state index in [2.05, 4.69) is 9.97 Å². The molecule has 1 amide bonds. The molecule has 0 N–H and O–H groups in total. The van der Waals surface area contributed by atoms with Gasteiger partial charge in [0, 0.05) is 12.4 Å². The Kier molecular flexibility index (Phi) is 2.61. The average Bonchev–Trinajstić information content (AvgIpc) is 2.53. The van der Waals surface area contributed by atoms with Gasteiger partial charge >= 0.3 is 0 Å². The molecule has 104 valence electrons. The molecule has 5 heteroatoms. The molecular weight excluding hydrogens is 274 g/mol. The average molecular weight is 290 g/mol. The van der Waals surface area contributed by atoms with Crippen LogP contribution in [0.3, 0.4) is 0 Å². The molecule has 0 unspecified atom stereocenters. The SMILES string of the molecule is Cc1nc(Cl)c2cc3c(c(C)c2n1)N(C)C(=O)C3(C)C. The first-order valence-electron chi connectivity index (χ1n) is 6.51. The molecule has 2 heterocycles. The molecule has 0 fully saturated rings. The number of nitrogens with zero attached hydrogens (tertiary/aromatic N) is 3. The van der Waals surface area contributed by atoms with Crippen molar-refractivity contribution >= 4 is 34.1 Å². The predicted molar refractivity (Wildman–Crippen MR) is 80.5 cm³/mol. The lowest BCUT2D eigenvalue weighted by Gasteiger charge is -2.16. The van der Waals surface area contributed by atoms with Gasteiger partial charge in [-0.05, 0) is 44.9 Å². The van der Waals surface area contributed by atoms with Gasteiger partial charge in [-0.1, -0.05) is 11.6 Å². The number of hydrogen-bond acceptors (Lipinski definition) is 3. The Morgan fingerprint density at radius 1 is 1.25 bits per heavy atom. The highest BCUT2D eigenvalue weighted by atomic mass is 35.5. The fourth-order valence-corrected chi connectivity index (χ4v) is 3.30. The summed E-state index contributed by atoms with van der Waals surface area (Å²) in [5.74, 6) is 0.725. The van der Waals surface area contributed by atoms with Gasteiger partial charge in [-0.15, -0.1) is 0 Å². The summed E-state index contributed by atoms with van der Waals surface area (Å²) in [5.41, 5.74) is 3.19. The van der Waals surface area contributed by atoms with E-state index in [-0.39, 0.29) is 5.91 Å². The number of halogens is 1. The molecule has 1 aromatic carbocycles. The van der Waals surface area contributed by atoms with Crippen molar-refractivity contribution in [1.29, 1.82) is 0 Å². The molecule has 0 saturated heterocycles. The van der Waals surface area contributed by atoms with Crippen LogP contribution < -0.4 is 4.90 Å². The van der Waals surface area contributed by atoms with E-state index in [1.165, 1.54) is 0 Å². The summed E-state index contributed by atoms with van der Waals surface area (Å²) >= 11 is 6.25. The second kappa shape index (κ2) is 3.92. The Balaban J connectivity index is 2.49. The molecule has 2 aromatic rings. The van der Waals surface area contributed by atoms with Crippen LogP contribution in [-0.4, -0.2) is 22.9 Å². The van der Waals surface area contributed by atoms with Crippen molar-refractivity contribution in [3.05, 3.63) is 28.2 Å². The maximum Gasteiger partial charge on any atom is 0.236 e. The van der Waals surface area contributed by atoms with E-state index in [4.69, 9.17) is 11.6 Å². The molecule has 0 atom stereocenters. The molecule has 0 aliphatic carbocycles. The molecule has 1 aliphatic heterocycles. The Morgan fingerprint density at radius 3 is 2.55 bits per heavy atom. The summed E-state index contributed by atoms with van der Waals surface area (Å²) in [5, 5.41) is 1.25. The van der Waals surface area contributed by atoms with Crippen LogP contribution in [0, 0.1) is 13.8 Å². The second-order valence-corrected chi connectivity index (χ2v) is 6.20. The zero-order valence-corrected chi connectivity index (χ0v) is 13.0. The van der Waals surface area contributed by atoms with Crippen LogP contribution >= 0.6 is 11.6 Å². The Bertz CT molecular complexity index is 768. The quantitative estimate of drug-likeness (QED) is 0.700. The van der Waals surface area contributed by atoms with E-state index < -0.39 is 5.41 Å². The van der Waals surface area contributed by atoms with Crippen molar-refractivity contribution in [1.82, 2.24) is 9.97 Å². The van der Waals surface area contributed by atoms with Crippen LogP contribution in [0.4, 0.5) is 5.69 Å². The van der Waals surface area contributed by atoms with E-state index in [1.807, 2.05) is 40.8 Å². The molecule has 0 radical (unpaired) electrons. The first-order chi connectivity index (χ1) is 9.25. The van der Waals surface area contributed by atoms with Crippen molar-refractivity contribution < 1.29 is 4.79 Å². The maximum absolute atomic E-state index is 12.4. The lowest BCUT2D eigenvalue weighted by molar-refractivity contribution is -0.121. The van der Waals surface area contributed by atoms with E-state index in [0.29, 0.717) is 11.0 Å². The van der Waals surface area contributed by atoms with Gasteiger partial charge in [0.05, 0.1) is 16.6 Å². The Morgan fingerprint density at radius 2 is 1.90 bits per heavy atom. The summed E-state index contributed by atoms with van der Waals surface area (Å²) in [6.45, 7) is 7.67. The number of aromatic nitrogens is 2. The summed E-state index contributed by atoms with van der Waals surface area (Å²) in [7, 11) is 1.81. The van der Waals surface area contributed by atoms with Crippen molar-refractivity contribution in [3.8, 4) is 0 Å². The molecule has 0 saturated carbocycles. The number of amides is 1. The highest BCUT2D eigenvalue weighted by Gasteiger charge is 2.43. The highest BCUT2D eigenvalue weighted by molar-refractivity contribution is 6.34. The van der Waals surface area contributed by atoms with Gasteiger partial charge < -0.3 is 4.90 Å². The fourth-order valence-electron chi connectivity index (χ4n) is 3.03. The van der Waals surface area contributed by atoms with Gasteiger partial charge in [0.1, 0.15) is 11.0 Å². The van der Waals surface area contributed by atoms with Crippen LogP contribution in [0.15, 0.2) is 6.07 Å². The molecular formula is C15H16ClN3O. The van der Waals surface area contributed by atoms with Crippen molar-refractivity contribution in [2.75, 3.05) is 11.9 Å². The van der Waals surface area contributed by atoms with Gasteiger partial charge in [0.15, 0.2) is 0 Å². The highest BCUT2D eigenvalue weighted by Crippen LogP contribution is 2.45. The van der Waals surface area contributed by atoms with Gasteiger partial charge in [0.2, 0.25) is 5.91 Å². The summed E-state index contributed by atoms with van der Waals surface area (Å²) in [4.78, 5) is 22.8. The first kappa shape index (κ1) is 13.3. The van der Waals surface area contributed by atoms with Crippen LogP contribution in [-0.2, 0) is 10.2 Å². The molecule has 0 spiro atoms. The molecule has 1 aromatic heterocycles. The van der Waals surface area contributed by atoms with Crippen LogP contribution in [0.5, 0.6) is 0 Å². The van der Waals surface area contributed by atoms with Crippen LogP contribution in [0.2, 0.25) is 5.15 Å². The Hall–Kier alpha value is -1.68. The minimum atomic E-state index is -0.544. The van der Waals surface area contributed by atoms with Crippen molar-refractivity contribution in [3.63, 3.8) is 0 Å². The largest absolute Gasteiger partial charge is 0.314 e. The number of fused-ring (bicyclic) bond motifs is 2. The van der Waals surface area contributed by atoms with Gasteiger partial charge in [-0.2, -0.15) is 0 Å². The number of hydrogen-bond donors (Lipinski definition) is 0. The van der Waals surface area contributed by atoms with Crippen LogP contribution in [0.25, 0.3) is 10.9 Å². The second-order valence-electron chi connectivity index (χ2n) is 5.84. The predicted octanol–water partition coefficient (Wildman–Crippen LogP) is 3.15. The van der Waals surface area contributed by atoms with Crippen molar-refractivity contribution in [2.45, 2.75) is 33.1 Å². The van der Waals surface area contributed by atoms with E-state index in [9.17, 15) is 4.79 Å². The number of rotatable bonds is 0. The number of anilines is 1. The summed E-state index contributed by atoms with van der Waals surface area (Å²) < 4.78 is 0. The standard InChI is InChI=1S/C15H16ClN3O/c1-7-11-9(13(16)18-8(2)17-11)6-10-12(7)19(5)14(20)15(10,3)4/h6H,1-5H3. The van der Waals surface area contributed by atoms with Gasteiger partial charge in [-0.3, -0.25) is 4.79 Å². The van der Waals surface area contributed by atoms with Gasteiger partial charge in [-0.25, -0.2) is 9.97 Å². The zero-order valence-electron chi connectivity index (χ0n) is 12.2. The zero-order chi connectivity index (χ0) is 14.8. The van der Waals surface area contributed by atoms with Crippen LogP contribution in [0.1, 0.15) is 30.8 Å². The van der Waals surface area contributed by atoms with E-state index in [0.717, 1.165) is 27.7 Å². The minimum Gasteiger partial charge on any atom is -0.314 e. The Labute approximate surface area is 122 Å². The fraction of sp³-hybridized carbons (Fsp3) is 0.400. The number of carbonyl (C=O) groups excluding carboxylic acids is 1. The lowest BCUT2D eigenvalue weighted by atomic mass is 9.84. The molecule has 0 bridgehead atoms. The molecule has 20 heavy (non-hydrogen) atoms. The third-order valence-corrected chi connectivity index (χ3v) is 4.40. The maximum atomic E-state index is 12.4. The monoisotopic (exact) mass is 289 g/mol. The summed E-state index contributed by atoms with van der Waals surface area (Å²) in [6.07, 6.45) is 0. The normalized spacial score (nSPS) is 16.9.